The highest BCUT2D eigenvalue weighted by Crippen LogP contribution is 2.36. The molecule has 0 heterocycles. The molecule has 2 aromatic rings. The van der Waals surface area contributed by atoms with Gasteiger partial charge in [-0.2, -0.15) is 0 Å². The molecule has 0 radical (unpaired) electrons. The van der Waals surface area contributed by atoms with Crippen LogP contribution in [0.4, 0.5) is 0 Å². The van der Waals surface area contributed by atoms with E-state index in [4.69, 9.17) is 9.53 Å². The first-order chi connectivity index (χ1) is 10.9. The van der Waals surface area contributed by atoms with Crippen LogP contribution in [0.15, 0.2) is 60.7 Å². The second-order valence-corrected chi connectivity index (χ2v) is 11.1. The predicted octanol–water partition coefficient (Wildman–Crippen LogP) is 1.92. The van der Waals surface area contributed by atoms with Crippen LogP contribution >= 0.6 is 0 Å². The first-order valence-corrected chi connectivity index (χ1v) is 9.86. The van der Waals surface area contributed by atoms with Crippen LogP contribution in [0.25, 0.3) is 0 Å². The van der Waals surface area contributed by atoms with Crippen molar-refractivity contribution >= 4 is 18.7 Å². The van der Waals surface area contributed by atoms with Gasteiger partial charge >= 0.3 is 0 Å². The SMILES string of the molecule is CC(C)(C)[Si](OC[14C@@H](O)CO)(c1ccccc1)c1ccccc1. The zero-order valence-electron chi connectivity index (χ0n) is 14.1. The summed E-state index contributed by atoms with van der Waals surface area (Å²) in [5.74, 6) is 0. The Morgan fingerprint density at radius 2 is 1.35 bits per heavy atom. The van der Waals surface area contributed by atoms with Crippen LogP contribution in [0.2, 0.25) is 5.04 Å². The Balaban J connectivity index is 2.60. The van der Waals surface area contributed by atoms with E-state index in [9.17, 15) is 5.11 Å². The van der Waals surface area contributed by atoms with Crippen molar-refractivity contribution in [3.05, 3.63) is 60.7 Å². The van der Waals surface area contributed by atoms with E-state index in [0.717, 1.165) is 0 Å². The average molecular weight is 332 g/mol. The molecule has 1 atom stereocenters. The molecule has 0 unspecified atom stereocenters. The highest BCUT2D eigenvalue weighted by molar-refractivity contribution is 6.99. The van der Waals surface area contributed by atoms with Gasteiger partial charge in [0, 0.05) is 0 Å². The maximum Gasteiger partial charge on any atom is 0.261 e. The molecule has 0 aliphatic heterocycles. The standard InChI is InChI=1S/C19H26O3Si/c1-19(2,3)23(22-15-16(21)14-20,17-10-6-4-7-11-17)18-12-8-5-9-13-18/h4-13,16,20-21H,14-15H2,1-3H3/t16-/m0/s1/i16+2. The van der Waals surface area contributed by atoms with Gasteiger partial charge in [0.25, 0.3) is 8.32 Å². The topological polar surface area (TPSA) is 49.7 Å². The minimum atomic E-state index is -2.60. The molecule has 0 bridgehead atoms. The summed E-state index contributed by atoms with van der Waals surface area (Å²) in [4.78, 5) is 0. The van der Waals surface area contributed by atoms with E-state index in [-0.39, 0.29) is 18.3 Å². The second kappa shape index (κ2) is 7.40. The van der Waals surface area contributed by atoms with Crippen molar-refractivity contribution in [1.29, 1.82) is 0 Å². The predicted molar refractivity (Wildman–Crippen MR) is 96.7 cm³/mol. The van der Waals surface area contributed by atoms with Gasteiger partial charge in [0.15, 0.2) is 0 Å². The van der Waals surface area contributed by atoms with Crippen LogP contribution in [0.3, 0.4) is 0 Å². The second-order valence-electron chi connectivity index (χ2n) is 6.81. The Hall–Kier alpha value is -1.46. The molecule has 0 fully saturated rings. The molecule has 4 heteroatoms. The van der Waals surface area contributed by atoms with Gasteiger partial charge < -0.3 is 14.6 Å². The Morgan fingerprint density at radius 3 is 1.70 bits per heavy atom. The lowest BCUT2D eigenvalue weighted by atomic mass is 10.2. The van der Waals surface area contributed by atoms with Crippen LogP contribution < -0.4 is 10.4 Å². The fourth-order valence-corrected chi connectivity index (χ4v) is 7.63. The van der Waals surface area contributed by atoms with Gasteiger partial charge in [-0.25, -0.2) is 0 Å². The third-order valence-electron chi connectivity index (χ3n) is 4.12. The third-order valence-corrected chi connectivity index (χ3v) is 9.12. The quantitative estimate of drug-likeness (QED) is 0.795. The molecule has 124 valence electrons. The van der Waals surface area contributed by atoms with Crippen molar-refractivity contribution < 1.29 is 14.6 Å². The van der Waals surface area contributed by atoms with E-state index < -0.39 is 14.4 Å². The molecule has 0 amide bonds. The van der Waals surface area contributed by atoms with Gasteiger partial charge in [0.05, 0.1) is 19.3 Å². The smallest absolute Gasteiger partial charge is 0.261 e. The summed E-state index contributed by atoms with van der Waals surface area (Å²) in [6.45, 7) is 6.39. The van der Waals surface area contributed by atoms with Crippen molar-refractivity contribution in [3.8, 4) is 0 Å². The van der Waals surface area contributed by atoms with Crippen molar-refractivity contribution in [2.75, 3.05) is 13.2 Å². The van der Waals surface area contributed by atoms with E-state index in [1.165, 1.54) is 10.4 Å². The Labute approximate surface area is 139 Å². The number of aliphatic hydroxyl groups excluding tert-OH is 2. The highest BCUT2D eigenvalue weighted by atomic mass is 28.4. The molecule has 0 aromatic heterocycles. The number of rotatable bonds is 6. The average Bonchev–Trinajstić information content (AvgIpc) is 2.56. The van der Waals surface area contributed by atoms with Crippen molar-refractivity contribution in [3.63, 3.8) is 0 Å². The normalized spacial score (nSPS) is 13.8. The summed E-state index contributed by atoms with van der Waals surface area (Å²) in [6.07, 6.45) is -0.864. The van der Waals surface area contributed by atoms with Crippen LogP contribution in [0.1, 0.15) is 20.8 Å². The third kappa shape index (κ3) is 3.72. The maximum absolute atomic E-state index is 9.83. The Morgan fingerprint density at radius 1 is 0.913 bits per heavy atom. The van der Waals surface area contributed by atoms with Gasteiger partial charge in [-0.05, 0) is 15.4 Å². The van der Waals surface area contributed by atoms with Gasteiger partial charge in [0.1, 0.15) is 0 Å². The van der Waals surface area contributed by atoms with Crippen LogP contribution in [-0.4, -0.2) is 37.8 Å². The summed E-state index contributed by atoms with van der Waals surface area (Å²) >= 11 is 0. The van der Waals surface area contributed by atoms with E-state index in [0.29, 0.717) is 0 Å². The molecule has 2 N–H and O–H groups in total. The molecule has 0 aliphatic rings. The lowest BCUT2D eigenvalue weighted by Gasteiger charge is -2.43. The summed E-state index contributed by atoms with van der Waals surface area (Å²) in [6, 6.07) is 20.5. The van der Waals surface area contributed by atoms with E-state index in [2.05, 4.69) is 45.0 Å². The van der Waals surface area contributed by atoms with Gasteiger partial charge in [-0.1, -0.05) is 81.4 Å². The number of hydrogen-bond donors (Lipinski definition) is 2. The first-order valence-electron chi connectivity index (χ1n) is 7.96. The van der Waals surface area contributed by atoms with Crippen molar-refractivity contribution in [1.82, 2.24) is 0 Å². The van der Waals surface area contributed by atoms with Crippen LogP contribution in [0.5, 0.6) is 0 Å². The Kier molecular flexibility index (Phi) is 5.76. The van der Waals surface area contributed by atoms with E-state index >= 15 is 0 Å². The molecule has 0 saturated carbocycles. The highest BCUT2D eigenvalue weighted by Gasteiger charge is 2.50. The van der Waals surface area contributed by atoms with Gasteiger partial charge in [-0.3, -0.25) is 0 Å². The largest absolute Gasteiger partial charge is 0.405 e. The molecule has 0 saturated heterocycles. The lowest BCUT2D eigenvalue weighted by molar-refractivity contribution is 0.0503. The molecule has 2 aromatic carbocycles. The van der Waals surface area contributed by atoms with E-state index in [1.54, 1.807) is 0 Å². The monoisotopic (exact) mass is 332 g/mol. The molecular formula is C19H26O3Si. The summed E-state index contributed by atoms with van der Waals surface area (Å²) < 4.78 is 6.45. The minimum absolute atomic E-state index is 0.120. The fourth-order valence-electron chi connectivity index (χ4n) is 3.04. The Bertz CT molecular complexity index is 554. The lowest BCUT2D eigenvalue weighted by Crippen LogP contribution is -2.67. The maximum atomic E-state index is 9.83. The molecule has 2 rings (SSSR count). The summed E-state index contributed by atoms with van der Waals surface area (Å²) in [5.41, 5.74) is 0. The van der Waals surface area contributed by atoms with Gasteiger partial charge in [-0.15, -0.1) is 0 Å². The number of aliphatic hydroxyl groups is 2. The van der Waals surface area contributed by atoms with Crippen molar-refractivity contribution in [2.24, 2.45) is 0 Å². The molecular weight excluding hydrogens is 306 g/mol. The molecule has 0 spiro atoms. The van der Waals surface area contributed by atoms with Crippen LogP contribution in [-0.2, 0) is 4.43 Å². The zero-order valence-corrected chi connectivity index (χ0v) is 15.1. The first kappa shape index (κ1) is 17.9. The molecule has 3 nitrogen and oxygen atoms in total. The summed E-state index contributed by atoms with van der Waals surface area (Å²) in [5, 5.41) is 21.2. The molecule has 23 heavy (non-hydrogen) atoms. The van der Waals surface area contributed by atoms with Crippen LogP contribution in [0, 0.1) is 0 Å². The molecule has 0 aliphatic carbocycles. The zero-order chi connectivity index (χ0) is 16.9. The summed E-state index contributed by atoms with van der Waals surface area (Å²) in [7, 11) is -2.60. The van der Waals surface area contributed by atoms with E-state index in [1.807, 2.05) is 36.4 Å². The van der Waals surface area contributed by atoms with Crippen molar-refractivity contribution in [2.45, 2.75) is 31.9 Å². The number of benzene rings is 2. The number of hydrogen-bond acceptors (Lipinski definition) is 3. The minimum Gasteiger partial charge on any atom is -0.405 e. The fraction of sp³-hybridized carbons (Fsp3) is 0.368. The van der Waals surface area contributed by atoms with Gasteiger partial charge in [0.2, 0.25) is 0 Å².